The lowest BCUT2D eigenvalue weighted by atomic mass is 10.1. The average molecular weight is 251 g/mol. The van der Waals surface area contributed by atoms with Gasteiger partial charge in [-0.15, -0.1) is 0 Å². The Morgan fingerprint density at radius 2 is 1.81 bits per heavy atom. The fourth-order valence-corrected chi connectivity index (χ4v) is 1.48. The summed E-state index contributed by atoms with van der Waals surface area (Å²) in [6, 6.07) is 0.409. The lowest BCUT2D eigenvalue weighted by molar-refractivity contribution is -0.0146. The van der Waals surface area contributed by atoms with Crippen molar-refractivity contribution in [3.8, 4) is 0 Å². The molecule has 0 aliphatic heterocycles. The standard InChI is InChI=1S/C12H27FNOP/c1-10(2)14-8-6-12(13,16)7-9-15-11(3,4)5/h10,14H,6-9,16H2,1-5H3. The first-order valence-corrected chi connectivity index (χ1v) is 6.55. The van der Waals surface area contributed by atoms with Crippen LogP contribution in [0.4, 0.5) is 4.39 Å². The van der Waals surface area contributed by atoms with Crippen LogP contribution in [0.2, 0.25) is 0 Å². The van der Waals surface area contributed by atoms with Crippen LogP contribution in [0.3, 0.4) is 0 Å². The third-order valence-electron chi connectivity index (χ3n) is 2.15. The van der Waals surface area contributed by atoms with Gasteiger partial charge in [0.25, 0.3) is 0 Å². The molecule has 0 amide bonds. The molecule has 2 atom stereocenters. The first-order valence-electron chi connectivity index (χ1n) is 5.97. The van der Waals surface area contributed by atoms with Crippen molar-refractivity contribution in [1.29, 1.82) is 0 Å². The Morgan fingerprint density at radius 3 is 2.25 bits per heavy atom. The molecule has 16 heavy (non-hydrogen) atoms. The molecule has 98 valence electrons. The molecule has 0 aromatic heterocycles. The van der Waals surface area contributed by atoms with Crippen molar-refractivity contribution in [2.45, 2.75) is 64.5 Å². The van der Waals surface area contributed by atoms with E-state index in [-0.39, 0.29) is 5.60 Å². The van der Waals surface area contributed by atoms with Crippen LogP contribution in [0.1, 0.15) is 47.5 Å². The minimum absolute atomic E-state index is 0.184. The van der Waals surface area contributed by atoms with Crippen molar-refractivity contribution >= 4 is 9.24 Å². The number of hydrogen-bond donors (Lipinski definition) is 1. The van der Waals surface area contributed by atoms with E-state index in [0.717, 1.165) is 0 Å². The minimum atomic E-state index is -1.22. The lowest BCUT2D eigenvalue weighted by Gasteiger charge is -2.24. The first kappa shape index (κ1) is 16.3. The number of hydrogen-bond acceptors (Lipinski definition) is 2. The zero-order valence-corrected chi connectivity index (χ0v) is 12.4. The summed E-state index contributed by atoms with van der Waals surface area (Å²) < 4.78 is 19.5. The van der Waals surface area contributed by atoms with Crippen molar-refractivity contribution < 1.29 is 9.13 Å². The van der Waals surface area contributed by atoms with Crippen molar-refractivity contribution in [3.05, 3.63) is 0 Å². The number of halogens is 1. The molecule has 0 heterocycles. The van der Waals surface area contributed by atoms with Gasteiger partial charge < -0.3 is 10.1 Å². The van der Waals surface area contributed by atoms with E-state index in [2.05, 4.69) is 28.4 Å². The van der Waals surface area contributed by atoms with Gasteiger partial charge >= 0.3 is 0 Å². The van der Waals surface area contributed by atoms with Gasteiger partial charge in [0.05, 0.1) is 12.2 Å². The normalized spacial score (nSPS) is 16.5. The summed E-state index contributed by atoms with van der Waals surface area (Å²) in [7, 11) is 2.30. The third-order valence-corrected chi connectivity index (χ3v) is 2.72. The zero-order chi connectivity index (χ0) is 12.8. The molecule has 0 saturated carbocycles. The van der Waals surface area contributed by atoms with Gasteiger partial charge in [-0.1, -0.05) is 23.1 Å². The van der Waals surface area contributed by atoms with E-state index in [1.807, 2.05) is 20.8 Å². The summed E-state index contributed by atoms with van der Waals surface area (Å²) in [6.45, 7) is 11.2. The van der Waals surface area contributed by atoms with E-state index >= 15 is 0 Å². The molecule has 0 aliphatic rings. The second-order valence-electron chi connectivity index (χ2n) is 5.60. The van der Waals surface area contributed by atoms with E-state index in [0.29, 0.717) is 32.0 Å². The molecular weight excluding hydrogens is 224 g/mol. The molecule has 0 aromatic rings. The maximum absolute atomic E-state index is 14.0. The predicted molar refractivity (Wildman–Crippen MR) is 71.6 cm³/mol. The molecule has 0 aliphatic carbocycles. The molecule has 0 aromatic carbocycles. The Bertz CT molecular complexity index is 190. The third kappa shape index (κ3) is 10.8. The van der Waals surface area contributed by atoms with Crippen LogP contribution < -0.4 is 5.32 Å². The average Bonchev–Trinajstić information content (AvgIpc) is 1.99. The van der Waals surface area contributed by atoms with E-state index in [1.165, 1.54) is 0 Å². The van der Waals surface area contributed by atoms with Crippen LogP contribution in [-0.2, 0) is 4.74 Å². The van der Waals surface area contributed by atoms with Crippen molar-refractivity contribution in [2.24, 2.45) is 0 Å². The fourth-order valence-electron chi connectivity index (χ4n) is 1.22. The van der Waals surface area contributed by atoms with Gasteiger partial charge in [0.1, 0.15) is 5.41 Å². The van der Waals surface area contributed by atoms with Crippen LogP contribution >= 0.6 is 9.24 Å². The van der Waals surface area contributed by atoms with E-state index in [4.69, 9.17) is 4.74 Å². The van der Waals surface area contributed by atoms with Crippen LogP contribution in [0.15, 0.2) is 0 Å². The molecule has 1 N–H and O–H groups in total. The topological polar surface area (TPSA) is 21.3 Å². The van der Waals surface area contributed by atoms with Crippen molar-refractivity contribution in [2.75, 3.05) is 13.2 Å². The summed E-state index contributed by atoms with van der Waals surface area (Å²) in [6.07, 6.45) is 0.929. The van der Waals surface area contributed by atoms with E-state index in [1.54, 1.807) is 0 Å². The molecule has 0 radical (unpaired) electrons. The molecule has 0 saturated heterocycles. The Morgan fingerprint density at radius 1 is 1.25 bits per heavy atom. The Labute approximate surface area is 102 Å². The maximum Gasteiger partial charge on any atom is 0.127 e. The first-order chi connectivity index (χ1) is 7.12. The van der Waals surface area contributed by atoms with Gasteiger partial charge in [-0.3, -0.25) is 0 Å². The molecule has 0 rings (SSSR count). The summed E-state index contributed by atoms with van der Waals surface area (Å²) in [5.74, 6) is 0. The summed E-state index contributed by atoms with van der Waals surface area (Å²) >= 11 is 0. The van der Waals surface area contributed by atoms with Crippen LogP contribution in [0.25, 0.3) is 0 Å². The summed E-state index contributed by atoms with van der Waals surface area (Å²) in [5.41, 5.74) is -0.184. The Kier molecular flexibility index (Phi) is 7.00. The second-order valence-corrected chi connectivity index (χ2v) is 6.64. The Balaban J connectivity index is 3.70. The molecule has 0 spiro atoms. The predicted octanol–water partition coefficient (Wildman–Crippen LogP) is 3.12. The second kappa shape index (κ2) is 6.88. The molecule has 0 bridgehead atoms. The smallest absolute Gasteiger partial charge is 0.127 e. The molecule has 2 unspecified atom stereocenters. The summed E-state index contributed by atoms with van der Waals surface area (Å²) in [5, 5.41) is 2.00. The number of rotatable bonds is 7. The van der Waals surface area contributed by atoms with E-state index in [9.17, 15) is 4.39 Å². The largest absolute Gasteiger partial charge is 0.376 e. The molecule has 4 heteroatoms. The highest BCUT2D eigenvalue weighted by atomic mass is 31.0. The van der Waals surface area contributed by atoms with Crippen LogP contribution in [0, 0.1) is 0 Å². The lowest BCUT2D eigenvalue weighted by Crippen LogP contribution is -2.30. The van der Waals surface area contributed by atoms with Crippen molar-refractivity contribution in [1.82, 2.24) is 5.32 Å². The molecular formula is C12H27FNOP. The van der Waals surface area contributed by atoms with Gasteiger partial charge in [-0.25, -0.2) is 4.39 Å². The van der Waals surface area contributed by atoms with Gasteiger partial charge in [-0.2, -0.15) is 0 Å². The maximum atomic E-state index is 14.0. The summed E-state index contributed by atoms with van der Waals surface area (Å²) in [4.78, 5) is 0. The van der Waals surface area contributed by atoms with Gasteiger partial charge in [0.15, 0.2) is 0 Å². The highest BCUT2D eigenvalue weighted by molar-refractivity contribution is 7.18. The van der Waals surface area contributed by atoms with Gasteiger partial charge in [0.2, 0.25) is 0 Å². The van der Waals surface area contributed by atoms with Crippen molar-refractivity contribution in [3.63, 3.8) is 0 Å². The van der Waals surface area contributed by atoms with Gasteiger partial charge in [-0.05, 0) is 33.7 Å². The van der Waals surface area contributed by atoms with Crippen LogP contribution in [0.5, 0.6) is 0 Å². The Hall–Kier alpha value is 0.280. The highest BCUT2D eigenvalue weighted by Crippen LogP contribution is 2.29. The fraction of sp³-hybridized carbons (Fsp3) is 1.00. The molecule has 0 fully saturated rings. The monoisotopic (exact) mass is 251 g/mol. The van der Waals surface area contributed by atoms with Crippen LogP contribution in [-0.4, -0.2) is 30.2 Å². The highest BCUT2D eigenvalue weighted by Gasteiger charge is 2.23. The number of nitrogens with one attached hydrogen (secondary N) is 1. The van der Waals surface area contributed by atoms with E-state index < -0.39 is 5.41 Å². The minimum Gasteiger partial charge on any atom is -0.376 e. The number of ether oxygens (including phenoxy) is 1. The SMILES string of the molecule is CC(C)NCCC(F)(P)CCOC(C)(C)C. The van der Waals surface area contributed by atoms with Gasteiger partial charge in [0, 0.05) is 12.5 Å². The molecule has 2 nitrogen and oxygen atoms in total. The zero-order valence-electron chi connectivity index (χ0n) is 11.3. The number of alkyl halides is 1. The quantitative estimate of drug-likeness (QED) is 0.702.